The number of fused-ring (bicyclic) bond motifs is 1. The molecule has 0 fully saturated rings. The van der Waals surface area contributed by atoms with Gasteiger partial charge in [-0.05, 0) is 26.0 Å². The lowest BCUT2D eigenvalue weighted by atomic mass is 10.2. The quantitative estimate of drug-likeness (QED) is 0.559. The highest BCUT2D eigenvalue weighted by atomic mass is 32.1. The minimum atomic E-state index is 0.674. The Kier molecular flexibility index (Phi) is 5.38. The Morgan fingerprint density at radius 2 is 2.12 bits per heavy atom. The molecule has 2 aromatic heterocycles. The van der Waals surface area contributed by atoms with Crippen LogP contribution in [0.15, 0.2) is 39.7 Å². The second-order valence-electron chi connectivity index (χ2n) is 6.07. The third kappa shape index (κ3) is 4.20. The van der Waals surface area contributed by atoms with Crippen molar-refractivity contribution in [3.63, 3.8) is 0 Å². The van der Waals surface area contributed by atoms with E-state index in [1.807, 2.05) is 25.2 Å². The number of aromatic nitrogens is 1. The van der Waals surface area contributed by atoms with Crippen LogP contribution in [0.2, 0.25) is 0 Å². The molecule has 0 saturated carbocycles. The highest BCUT2D eigenvalue weighted by molar-refractivity contribution is 7.11. The maximum atomic E-state index is 5.89. The van der Waals surface area contributed by atoms with Crippen LogP contribution >= 0.6 is 11.3 Å². The van der Waals surface area contributed by atoms with Gasteiger partial charge in [0.1, 0.15) is 11.3 Å². The second kappa shape index (κ2) is 7.70. The van der Waals surface area contributed by atoms with Crippen LogP contribution in [0, 0.1) is 13.8 Å². The van der Waals surface area contributed by atoms with Crippen molar-refractivity contribution < 1.29 is 4.42 Å². The average Bonchev–Trinajstić information content (AvgIpc) is 3.13. The molecule has 5 nitrogen and oxygen atoms in total. The lowest BCUT2D eigenvalue weighted by Crippen LogP contribution is -2.39. The standard InChI is InChI=1S/C19H24N4OS/c1-13-18(25-14(2)22-13)9-10-21-19(20-3)23(4)12-16-11-15-7-5-6-8-17(15)24-16/h5-8,11H,9-10,12H2,1-4H3,(H,20,21). The number of benzene rings is 1. The summed E-state index contributed by atoms with van der Waals surface area (Å²) in [4.78, 5) is 12.3. The molecule has 0 aliphatic heterocycles. The molecule has 1 N–H and O–H groups in total. The predicted octanol–water partition coefficient (Wildman–Crippen LogP) is 3.76. The fourth-order valence-corrected chi connectivity index (χ4v) is 3.84. The molecule has 6 heteroatoms. The zero-order valence-electron chi connectivity index (χ0n) is 15.2. The van der Waals surface area contributed by atoms with E-state index in [4.69, 9.17) is 4.42 Å². The first-order chi connectivity index (χ1) is 12.1. The Labute approximate surface area is 152 Å². The molecule has 0 spiro atoms. The first kappa shape index (κ1) is 17.5. The fourth-order valence-electron chi connectivity index (χ4n) is 2.90. The molecule has 0 atom stereocenters. The molecule has 132 valence electrons. The first-order valence-electron chi connectivity index (χ1n) is 8.39. The SMILES string of the molecule is CN=C(NCCc1sc(C)nc1C)N(C)Cc1cc2ccccc2o1. The number of furan rings is 1. The number of hydrogen-bond donors (Lipinski definition) is 1. The van der Waals surface area contributed by atoms with Crippen molar-refractivity contribution in [2.45, 2.75) is 26.8 Å². The summed E-state index contributed by atoms with van der Waals surface area (Å²) in [7, 11) is 3.82. The Bertz CT molecular complexity index is 848. The smallest absolute Gasteiger partial charge is 0.193 e. The highest BCUT2D eigenvalue weighted by Gasteiger charge is 2.11. The van der Waals surface area contributed by atoms with E-state index in [2.05, 4.69) is 46.2 Å². The lowest BCUT2D eigenvalue weighted by molar-refractivity contribution is 0.413. The van der Waals surface area contributed by atoms with E-state index in [0.717, 1.165) is 46.4 Å². The first-order valence-corrected chi connectivity index (χ1v) is 9.20. The summed E-state index contributed by atoms with van der Waals surface area (Å²) in [5.41, 5.74) is 2.06. The molecule has 0 aliphatic carbocycles. The zero-order chi connectivity index (χ0) is 17.8. The van der Waals surface area contributed by atoms with Crippen LogP contribution in [0.25, 0.3) is 11.0 Å². The predicted molar refractivity (Wildman–Crippen MR) is 104 cm³/mol. The van der Waals surface area contributed by atoms with Gasteiger partial charge in [0.05, 0.1) is 17.2 Å². The van der Waals surface area contributed by atoms with Crippen LogP contribution in [0.4, 0.5) is 0 Å². The van der Waals surface area contributed by atoms with E-state index >= 15 is 0 Å². The minimum absolute atomic E-state index is 0.674. The van der Waals surface area contributed by atoms with Crippen molar-refractivity contribution in [3.8, 4) is 0 Å². The van der Waals surface area contributed by atoms with Gasteiger partial charge in [0, 0.05) is 37.3 Å². The maximum absolute atomic E-state index is 5.89. The van der Waals surface area contributed by atoms with Gasteiger partial charge in [-0.3, -0.25) is 4.99 Å². The van der Waals surface area contributed by atoms with Gasteiger partial charge in [0.2, 0.25) is 0 Å². The second-order valence-corrected chi connectivity index (χ2v) is 7.36. The summed E-state index contributed by atoms with van der Waals surface area (Å²) in [6.45, 7) is 5.63. The van der Waals surface area contributed by atoms with Crippen molar-refractivity contribution in [3.05, 3.63) is 51.7 Å². The Hall–Kier alpha value is -2.34. The number of guanidine groups is 1. The van der Waals surface area contributed by atoms with Crippen LogP contribution < -0.4 is 5.32 Å². The molecule has 0 saturated heterocycles. The third-order valence-electron chi connectivity index (χ3n) is 4.08. The summed E-state index contributed by atoms with van der Waals surface area (Å²) in [6.07, 6.45) is 0.953. The molecular weight excluding hydrogens is 332 g/mol. The van der Waals surface area contributed by atoms with Gasteiger partial charge in [0.25, 0.3) is 0 Å². The lowest BCUT2D eigenvalue weighted by Gasteiger charge is -2.20. The van der Waals surface area contributed by atoms with Crippen molar-refractivity contribution in [1.29, 1.82) is 0 Å². The average molecular weight is 356 g/mol. The van der Waals surface area contributed by atoms with Gasteiger partial charge in [-0.15, -0.1) is 11.3 Å². The summed E-state index contributed by atoms with van der Waals surface area (Å²) < 4.78 is 5.89. The van der Waals surface area contributed by atoms with Gasteiger partial charge in [0.15, 0.2) is 5.96 Å². The van der Waals surface area contributed by atoms with Crippen molar-refractivity contribution in [2.75, 3.05) is 20.6 Å². The van der Waals surface area contributed by atoms with E-state index in [0.29, 0.717) is 6.54 Å². The van der Waals surface area contributed by atoms with Crippen molar-refractivity contribution >= 4 is 28.3 Å². The fraction of sp³-hybridized carbons (Fsp3) is 0.368. The summed E-state index contributed by atoms with van der Waals surface area (Å²) in [6, 6.07) is 10.2. The van der Waals surface area contributed by atoms with Gasteiger partial charge < -0.3 is 14.6 Å². The van der Waals surface area contributed by atoms with E-state index in [1.165, 1.54) is 4.88 Å². The van der Waals surface area contributed by atoms with Crippen LogP contribution in [-0.4, -0.2) is 36.5 Å². The van der Waals surface area contributed by atoms with Gasteiger partial charge >= 0.3 is 0 Å². The van der Waals surface area contributed by atoms with E-state index < -0.39 is 0 Å². The molecule has 3 aromatic rings. The Balaban J connectivity index is 1.57. The van der Waals surface area contributed by atoms with Gasteiger partial charge in [-0.1, -0.05) is 18.2 Å². The minimum Gasteiger partial charge on any atom is -0.459 e. The van der Waals surface area contributed by atoms with E-state index in [1.54, 1.807) is 18.4 Å². The molecule has 0 unspecified atom stereocenters. The molecule has 25 heavy (non-hydrogen) atoms. The molecule has 0 amide bonds. The number of hydrogen-bond acceptors (Lipinski definition) is 4. The monoisotopic (exact) mass is 356 g/mol. The van der Waals surface area contributed by atoms with Crippen LogP contribution in [0.5, 0.6) is 0 Å². The number of aryl methyl sites for hydroxylation is 2. The maximum Gasteiger partial charge on any atom is 0.193 e. The van der Waals surface area contributed by atoms with Gasteiger partial charge in [-0.25, -0.2) is 4.98 Å². The number of rotatable bonds is 5. The number of nitrogens with zero attached hydrogens (tertiary/aromatic N) is 3. The normalized spacial score (nSPS) is 11.9. The van der Waals surface area contributed by atoms with Crippen LogP contribution in [0.3, 0.4) is 0 Å². The molecule has 0 radical (unpaired) electrons. The summed E-state index contributed by atoms with van der Waals surface area (Å²) in [5, 5.41) is 5.67. The molecule has 0 bridgehead atoms. The van der Waals surface area contributed by atoms with Crippen molar-refractivity contribution in [1.82, 2.24) is 15.2 Å². The Morgan fingerprint density at radius 1 is 1.32 bits per heavy atom. The molecule has 1 aromatic carbocycles. The van der Waals surface area contributed by atoms with Gasteiger partial charge in [-0.2, -0.15) is 0 Å². The van der Waals surface area contributed by atoms with E-state index in [9.17, 15) is 0 Å². The summed E-state index contributed by atoms with van der Waals surface area (Å²) in [5.74, 6) is 1.79. The number of aliphatic imine (C=N–C) groups is 1. The van der Waals surface area contributed by atoms with Crippen LogP contribution in [0.1, 0.15) is 21.3 Å². The largest absolute Gasteiger partial charge is 0.459 e. The van der Waals surface area contributed by atoms with E-state index in [-0.39, 0.29) is 0 Å². The number of thiazole rings is 1. The topological polar surface area (TPSA) is 53.7 Å². The van der Waals surface area contributed by atoms with Crippen LogP contribution in [-0.2, 0) is 13.0 Å². The Morgan fingerprint density at radius 3 is 2.80 bits per heavy atom. The molecular formula is C19H24N4OS. The number of para-hydroxylation sites is 1. The molecule has 2 heterocycles. The summed E-state index contributed by atoms with van der Waals surface area (Å²) >= 11 is 1.77. The molecule has 0 aliphatic rings. The zero-order valence-corrected chi connectivity index (χ0v) is 16.0. The molecule has 3 rings (SSSR count). The highest BCUT2D eigenvalue weighted by Crippen LogP contribution is 2.20. The number of nitrogens with one attached hydrogen (secondary N) is 1. The van der Waals surface area contributed by atoms with Crippen molar-refractivity contribution in [2.24, 2.45) is 4.99 Å². The third-order valence-corrected chi connectivity index (χ3v) is 5.21.